The number of anilines is 1. The molecule has 0 atom stereocenters. The summed E-state index contributed by atoms with van der Waals surface area (Å²) in [6.45, 7) is 0. The summed E-state index contributed by atoms with van der Waals surface area (Å²) in [6.07, 6.45) is 10.9. The molecule has 4 bridgehead atoms. The number of amides is 1. The first-order valence-electron chi connectivity index (χ1n) is 12.1. The molecule has 8 nitrogen and oxygen atoms in total. The smallest absolute Gasteiger partial charge is 0.255 e. The van der Waals surface area contributed by atoms with Crippen molar-refractivity contribution in [3.63, 3.8) is 0 Å². The average molecular weight is 446 g/mol. The SMILES string of the molecule is O=C(Nc1cc(-c2ccco2)nn1-c1nc2c(c(=O)[nH]1)CCC2)C12CC3CC(CC(C3)C1)C2. The van der Waals surface area contributed by atoms with Crippen molar-refractivity contribution in [3.05, 3.63) is 46.1 Å². The minimum atomic E-state index is -0.284. The van der Waals surface area contributed by atoms with Crippen molar-refractivity contribution in [3.8, 4) is 17.4 Å². The van der Waals surface area contributed by atoms with E-state index in [-0.39, 0.29) is 16.9 Å². The fraction of sp³-hybridized carbons (Fsp3) is 0.520. The third-order valence-corrected chi connectivity index (χ3v) is 8.37. The predicted molar refractivity (Wildman–Crippen MR) is 121 cm³/mol. The molecule has 4 fully saturated rings. The summed E-state index contributed by atoms with van der Waals surface area (Å²) < 4.78 is 7.10. The molecule has 170 valence electrons. The summed E-state index contributed by atoms with van der Waals surface area (Å²) in [5.74, 6) is 3.57. The van der Waals surface area contributed by atoms with Gasteiger partial charge in [0, 0.05) is 11.6 Å². The van der Waals surface area contributed by atoms with Crippen molar-refractivity contribution >= 4 is 11.7 Å². The number of aromatic nitrogens is 4. The topological polar surface area (TPSA) is 106 Å². The van der Waals surface area contributed by atoms with Gasteiger partial charge in [0.25, 0.3) is 5.56 Å². The van der Waals surface area contributed by atoms with Crippen LogP contribution in [0.25, 0.3) is 17.4 Å². The Morgan fingerprint density at radius 2 is 1.91 bits per heavy atom. The molecule has 1 amide bonds. The van der Waals surface area contributed by atoms with Gasteiger partial charge < -0.3 is 9.73 Å². The Balaban J connectivity index is 1.28. The van der Waals surface area contributed by atoms with Crippen molar-refractivity contribution < 1.29 is 9.21 Å². The summed E-state index contributed by atoms with van der Waals surface area (Å²) in [7, 11) is 0. The molecule has 3 aromatic heterocycles. The van der Waals surface area contributed by atoms with Gasteiger partial charge in [-0.25, -0.2) is 4.98 Å². The quantitative estimate of drug-likeness (QED) is 0.634. The number of aromatic amines is 1. The maximum absolute atomic E-state index is 13.7. The van der Waals surface area contributed by atoms with E-state index in [9.17, 15) is 9.59 Å². The normalized spacial score (nSPS) is 29.4. The molecule has 5 aliphatic rings. The fourth-order valence-electron chi connectivity index (χ4n) is 7.34. The second-order valence-corrected chi connectivity index (χ2v) is 10.6. The molecule has 8 rings (SSSR count). The van der Waals surface area contributed by atoms with Gasteiger partial charge in [-0.15, -0.1) is 0 Å². The van der Waals surface area contributed by atoms with E-state index in [0.29, 0.717) is 41.0 Å². The first-order chi connectivity index (χ1) is 16.1. The van der Waals surface area contributed by atoms with E-state index in [2.05, 4.69) is 15.4 Å². The van der Waals surface area contributed by atoms with E-state index in [1.54, 1.807) is 17.0 Å². The zero-order valence-electron chi connectivity index (χ0n) is 18.5. The number of fused-ring (bicyclic) bond motifs is 1. The van der Waals surface area contributed by atoms with Crippen LogP contribution >= 0.6 is 0 Å². The van der Waals surface area contributed by atoms with Crippen LogP contribution in [0.3, 0.4) is 0 Å². The molecule has 0 spiro atoms. The Labute approximate surface area is 190 Å². The molecule has 3 aromatic rings. The number of hydrogen-bond acceptors (Lipinski definition) is 5. The molecule has 3 heterocycles. The Kier molecular flexibility index (Phi) is 4.05. The zero-order valence-corrected chi connectivity index (χ0v) is 18.5. The van der Waals surface area contributed by atoms with Crippen LogP contribution < -0.4 is 10.9 Å². The number of nitrogens with one attached hydrogen (secondary N) is 2. The number of aryl methyl sites for hydroxylation is 1. The van der Waals surface area contributed by atoms with Gasteiger partial charge in [0.1, 0.15) is 11.5 Å². The van der Waals surface area contributed by atoms with Crippen molar-refractivity contribution in [2.24, 2.45) is 23.2 Å². The van der Waals surface area contributed by atoms with E-state index in [1.807, 2.05) is 12.1 Å². The number of furan rings is 1. The summed E-state index contributed by atoms with van der Waals surface area (Å²) in [4.78, 5) is 34.0. The highest BCUT2D eigenvalue weighted by Gasteiger charge is 2.54. The molecule has 0 aromatic carbocycles. The fourth-order valence-corrected chi connectivity index (χ4v) is 7.34. The van der Waals surface area contributed by atoms with Gasteiger partial charge in [0.15, 0.2) is 5.76 Å². The van der Waals surface area contributed by atoms with Gasteiger partial charge >= 0.3 is 0 Å². The van der Waals surface area contributed by atoms with Gasteiger partial charge in [-0.05, 0) is 87.7 Å². The van der Waals surface area contributed by atoms with Gasteiger partial charge in [-0.1, -0.05) is 0 Å². The van der Waals surface area contributed by atoms with Crippen LogP contribution in [0.15, 0.2) is 33.7 Å². The molecule has 0 radical (unpaired) electrons. The van der Waals surface area contributed by atoms with Crippen LogP contribution in [0.1, 0.15) is 56.2 Å². The Bertz CT molecular complexity index is 1270. The van der Waals surface area contributed by atoms with Crippen LogP contribution in [0.2, 0.25) is 0 Å². The highest BCUT2D eigenvalue weighted by Crippen LogP contribution is 2.60. The Hall–Kier alpha value is -3.16. The number of hydrogen-bond donors (Lipinski definition) is 2. The predicted octanol–water partition coefficient (Wildman–Crippen LogP) is 3.86. The molecule has 0 saturated heterocycles. The van der Waals surface area contributed by atoms with Crippen LogP contribution in [-0.2, 0) is 17.6 Å². The van der Waals surface area contributed by atoms with Crippen LogP contribution in [0, 0.1) is 23.2 Å². The minimum Gasteiger partial charge on any atom is -0.463 e. The van der Waals surface area contributed by atoms with Gasteiger partial charge in [-0.3, -0.25) is 14.6 Å². The summed E-state index contributed by atoms with van der Waals surface area (Å²) in [6, 6.07) is 5.44. The second-order valence-electron chi connectivity index (χ2n) is 10.6. The number of carbonyl (C=O) groups is 1. The molecule has 4 saturated carbocycles. The highest BCUT2D eigenvalue weighted by molar-refractivity contribution is 5.95. The molecule has 8 heteroatoms. The van der Waals surface area contributed by atoms with E-state index in [4.69, 9.17) is 9.40 Å². The van der Waals surface area contributed by atoms with E-state index in [1.165, 1.54) is 19.3 Å². The third-order valence-electron chi connectivity index (χ3n) is 8.37. The lowest BCUT2D eigenvalue weighted by atomic mass is 9.49. The first-order valence-corrected chi connectivity index (χ1v) is 12.1. The Morgan fingerprint density at radius 1 is 1.15 bits per heavy atom. The third kappa shape index (κ3) is 3.03. The van der Waals surface area contributed by atoms with E-state index >= 15 is 0 Å². The van der Waals surface area contributed by atoms with Crippen molar-refractivity contribution in [2.75, 3.05) is 5.32 Å². The van der Waals surface area contributed by atoms with Gasteiger partial charge in [0.2, 0.25) is 11.9 Å². The lowest BCUT2D eigenvalue weighted by Gasteiger charge is -2.55. The standard InChI is InChI=1S/C25H27N5O3/c31-22-17-3-1-4-18(17)26-24(28-22)30-21(10-19(29-30)20-5-2-6-33-20)27-23(32)25-11-14-7-15(12-25)9-16(8-14)13-25/h2,5-6,10,14-16H,1,3-4,7-9,11-13H2,(H,27,32)(H,26,28,31). The van der Waals surface area contributed by atoms with E-state index in [0.717, 1.165) is 49.8 Å². The van der Waals surface area contributed by atoms with Crippen LogP contribution in [0.5, 0.6) is 0 Å². The molecular weight excluding hydrogens is 418 g/mol. The number of nitrogens with zero attached hydrogens (tertiary/aromatic N) is 3. The monoisotopic (exact) mass is 445 g/mol. The highest BCUT2D eigenvalue weighted by atomic mass is 16.3. The molecule has 33 heavy (non-hydrogen) atoms. The molecule has 5 aliphatic carbocycles. The lowest BCUT2D eigenvalue weighted by molar-refractivity contribution is -0.140. The van der Waals surface area contributed by atoms with Crippen molar-refractivity contribution in [2.45, 2.75) is 57.8 Å². The van der Waals surface area contributed by atoms with E-state index < -0.39 is 0 Å². The second kappa shape index (κ2) is 6.92. The van der Waals surface area contributed by atoms with Crippen molar-refractivity contribution in [1.29, 1.82) is 0 Å². The summed E-state index contributed by atoms with van der Waals surface area (Å²) in [5.41, 5.74) is 1.76. The van der Waals surface area contributed by atoms with Gasteiger partial charge in [0.05, 0.1) is 17.4 Å². The Morgan fingerprint density at radius 3 is 2.61 bits per heavy atom. The molecule has 0 aliphatic heterocycles. The number of H-pyrrole nitrogens is 1. The maximum Gasteiger partial charge on any atom is 0.255 e. The molecule has 2 N–H and O–H groups in total. The number of rotatable bonds is 4. The van der Waals surface area contributed by atoms with Crippen molar-refractivity contribution in [1.82, 2.24) is 19.7 Å². The first kappa shape index (κ1) is 19.3. The zero-order chi connectivity index (χ0) is 22.2. The largest absolute Gasteiger partial charge is 0.463 e. The minimum absolute atomic E-state index is 0.0808. The average Bonchev–Trinajstić information content (AvgIpc) is 3.53. The summed E-state index contributed by atoms with van der Waals surface area (Å²) >= 11 is 0. The van der Waals surface area contributed by atoms with Crippen LogP contribution in [-0.4, -0.2) is 25.7 Å². The maximum atomic E-state index is 13.7. The molecule has 0 unspecified atom stereocenters. The summed E-state index contributed by atoms with van der Waals surface area (Å²) in [5, 5.41) is 7.86. The number of carbonyl (C=O) groups excluding carboxylic acids is 1. The van der Waals surface area contributed by atoms with Gasteiger partial charge in [-0.2, -0.15) is 9.78 Å². The lowest BCUT2D eigenvalue weighted by Crippen LogP contribution is -2.51. The van der Waals surface area contributed by atoms with Crippen LogP contribution in [0.4, 0.5) is 5.82 Å². The molecular formula is C25H27N5O3.